The predicted octanol–water partition coefficient (Wildman–Crippen LogP) is 1.72. The summed E-state index contributed by atoms with van der Waals surface area (Å²) in [5, 5.41) is 15.6. The number of rotatable bonds is 6. The summed E-state index contributed by atoms with van der Waals surface area (Å²) in [6.45, 7) is 3.01. The lowest BCUT2D eigenvalue weighted by Gasteiger charge is -2.33. The van der Waals surface area contributed by atoms with E-state index >= 15 is 0 Å². The van der Waals surface area contributed by atoms with Crippen LogP contribution in [0.2, 0.25) is 0 Å². The number of nitrogens with zero attached hydrogens (tertiary/aromatic N) is 2. The number of nitro groups is 1. The van der Waals surface area contributed by atoms with Gasteiger partial charge in [0.15, 0.2) is 0 Å². The van der Waals surface area contributed by atoms with Crippen LogP contribution in [0.3, 0.4) is 0 Å². The van der Waals surface area contributed by atoms with E-state index in [-0.39, 0.29) is 11.8 Å². The lowest BCUT2D eigenvalue weighted by atomic mass is 10.1. The maximum atomic E-state index is 12.0. The number of morpholine rings is 1. The predicted molar refractivity (Wildman–Crippen MR) is 106 cm³/mol. The number of non-ortho nitro benzene ring substituents is 1. The van der Waals surface area contributed by atoms with Crippen LogP contribution in [0, 0.1) is 10.1 Å². The molecule has 1 saturated heterocycles. The van der Waals surface area contributed by atoms with Crippen molar-refractivity contribution < 1.29 is 19.2 Å². The fourth-order valence-electron chi connectivity index (χ4n) is 3.04. The Morgan fingerprint density at radius 3 is 2.52 bits per heavy atom. The molecule has 2 N–H and O–H groups in total. The smallest absolute Gasteiger partial charge is 0.313 e. The molecule has 1 aliphatic heterocycles. The van der Waals surface area contributed by atoms with E-state index in [0.29, 0.717) is 25.4 Å². The molecule has 0 radical (unpaired) electrons. The van der Waals surface area contributed by atoms with Gasteiger partial charge in [-0.2, -0.15) is 0 Å². The average molecular weight is 398 g/mol. The molecule has 0 bridgehead atoms. The molecule has 0 spiro atoms. The Bertz CT molecular complexity index is 857. The van der Waals surface area contributed by atoms with E-state index < -0.39 is 16.7 Å². The summed E-state index contributed by atoms with van der Waals surface area (Å²) in [4.78, 5) is 36.2. The van der Waals surface area contributed by atoms with Gasteiger partial charge < -0.3 is 15.4 Å². The van der Waals surface area contributed by atoms with Crippen LogP contribution in [0.15, 0.2) is 54.6 Å². The number of ether oxygens (including phenoxy) is 1. The summed E-state index contributed by atoms with van der Waals surface area (Å²) >= 11 is 0. The quantitative estimate of drug-likeness (QED) is 0.435. The number of anilines is 1. The van der Waals surface area contributed by atoms with Crippen LogP contribution in [0.1, 0.15) is 11.7 Å². The van der Waals surface area contributed by atoms with Crippen molar-refractivity contribution in [3.8, 4) is 0 Å². The standard InChI is InChI=1S/C20H22N4O5/c25-19(20(26)22-16-6-8-17(9-7-16)24(27)28)21-10-11-23-12-13-29-18(14-23)15-4-2-1-3-5-15/h1-9,18H,10-14H2,(H,21,25)(H,22,26). The number of carbonyl (C=O) groups excluding carboxylic acids is 2. The molecule has 9 nitrogen and oxygen atoms in total. The van der Waals surface area contributed by atoms with E-state index in [1.807, 2.05) is 30.3 Å². The summed E-state index contributed by atoms with van der Waals surface area (Å²) in [5.74, 6) is -1.57. The second-order valence-corrected chi connectivity index (χ2v) is 6.58. The third-order valence-electron chi connectivity index (χ3n) is 4.58. The lowest BCUT2D eigenvalue weighted by Crippen LogP contribution is -2.44. The maximum Gasteiger partial charge on any atom is 0.313 e. The SMILES string of the molecule is O=C(NCCN1CCOC(c2ccccc2)C1)C(=O)Nc1ccc([N+](=O)[O-])cc1. The molecule has 2 aromatic rings. The van der Waals surface area contributed by atoms with Crippen molar-refractivity contribution in [3.63, 3.8) is 0 Å². The lowest BCUT2D eigenvalue weighted by molar-refractivity contribution is -0.384. The van der Waals surface area contributed by atoms with Crippen molar-refractivity contribution in [2.24, 2.45) is 0 Å². The number of nitrogens with one attached hydrogen (secondary N) is 2. The molecule has 0 aromatic heterocycles. The Kier molecular flexibility index (Phi) is 6.88. The Balaban J connectivity index is 1.42. The van der Waals surface area contributed by atoms with E-state index in [1.165, 1.54) is 24.3 Å². The zero-order valence-electron chi connectivity index (χ0n) is 15.7. The third-order valence-corrected chi connectivity index (χ3v) is 4.58. The molecule has 9 heteroatoms. The second-order valence-electron chi connectivity index (χ2n) is 6.58. The van der Waals surface area contributed by atoms with Gasteiger partial charge in [-0.25, -0.2) is 0 Å². The van der Waals surface area contributed by atoms with E-state index in [4.69, 9.17) is 4.74 Å². The van der Waals surface area contributed by atoms with E-state index in [1.54, 1.807) is 0 Å². The molecule has 2 aromatic carbocycles. The summed E-state index contributed by atoms with van der Waals surface area (Å²) in [6, 6.07) is 15.2. The normalized spacial score (nSPS) is 16.8. The zero-order chi connectivity index (χ0) is 20.6. The molecule has 29 heavy (non-hydrogen) atoms. The fourth-order valence-corrected chi connectivity index (χ4v) is 3.04. The highest BCUT2D eigenvalue weighted by molar-refractivity contribution is 6.39. The molecular weight excluding hydrogens is 376 g/mol. The first-order chi connectivity index (χ1) is 14.0. The first kappa shape index (κ1) is 20.4. The zero-order valence-corrected chi connectivity index (χ0v) is 15.7. The van der Waals surface area contributed by atoms with Gasteiger partial charge in [-0.3, -0.25) is 24.6 Å². The average Bonchev–Trinajstić information content (AvgIpc) is 2.75. The minimum Gasteiger partial charge on any atom is -0.371 e. The van der Waals surface area contributed by atoms with Gasteiger partial charge in [-0.1, -0.05) is 30.3 Å². The highest BCUT2D eigenvalue weighted by Gasteiger charge is 2.22. The maximum absolute atomic E-state index is 12.0. The second kappa shape index (κ2) is 9.76. The minimum absolute atomic E-state index is 0.00825. The Labute approximate surface area is 167 Å². The number of hydrogen-bond acceptors (Lipinski definition) is 6. The highest BCUT2D eigenvalue weighted by atomic mass is 16.6. The number of benzene rings is 2. The first-order valence-corrected chi connectivity index (χ1v) is 9.25. The molecule has 2 amide bonds. The van der Waals surface area contributed by atoms with Crippen LogP contribution in [0.4, 0.5) is 11.4 Å². The number of nitro benzene ring substituents is 1. The van der Waals surface area contributed by atoms with Crippen molar-refractivity contribution in [3.05, 3.63) is 70.3 Å². The van der Waals surface area contributed by atoms with Crippen molar-refractivity contribution in [2.75, 3.05) is 38.1 Å². The van der Waals surface area contributed by atoms with Crippen molar-refractivity contribution in [2.45, 2.75) is 6.10 Å². The largest absolute Gasteiger partial charge is 0.371 e. The Hall–Kier alpha value is -3.30. The van der Waals surface area contributed by atoms with Crippen LogP contribution < -0.4 is 10.6 Å². The van der Waals surface area contributed by atoms with Crippen molar-refractivity contribution in [1.82, 2.24) is 10.2 Å². The van der Waals surface area contributed by atoms with Gasteiger partial charge in [0, 0.05) is 44.0 Å². The molecule has 1 aliphatic rings. The highest BCUT2D eigenvalue weighted by Crippen LogP contribution is 2.21. The van der Waals surface area contributed by atoms with Gasteiger partial charge in [0.05, 0.1) is 17.6 Å². The molecular formula is C20H22N4O5. The molecule has 1 fully saturated rings. The fraction of sp³-hybridized carbons (Fsp3) is 0.300. The van der Waals surface area contributed by atoms with Gasteiger partial charge in [-0.15, -0.1) is 0 Å². The summed E-state index contributed by atoms with van der Waals surface area (Å²) < 4.78 is 5.81. The molecule has 0 saturated carbocycles. The molecule has 1 unspecified atom stereocenters. The minimum atomic E-state index is -0.817. The topological polar surface area (TPSA) is 114 Å². The van der Waals surface area contributed by atoms with Gasteiger partial charge >= 0.3 is 11.8 Å². The first-order valence-electron chi connectivity index (χ1n) is 9.25. The summed E-state index contributed by atoms with van der Waals surface area (Å²) in [5.41, 5.74) is 1.34. The Morgan fingerprint density at radius 1 is 1.10 bits per heavy atom. The monoisotopic (exact) mass is 398 g/mol. The van der Waals surface area contributed by atoms with Gasteiger partial charge in [0.2, 0.25) is 0 Å². The molecule has 3 rings (SSSR count). The van der Waals surface area contributed by atoms with E-state index in [2.05, 4.69) is 15.5 Å². The van der Waals surface area contributed by atoms with Crippen LogP contribution in [0.5, 0.6) is 0 Å². The molecule has 152 valence electrons. The molecule has 0 aliphatic carbocycles. The molecule has 1 atom stereocenters. The number of carbonyl (C=O) groups is 2. The van der Waals surface area contributed by atoms with Crippen molar-refractivity contribution in [1.29, 1.82) is 0 Å². The molecule has 1 heterocycles. The van der Waals surface area contributed by atoms with Crippen LogP contribution in [-0.2, 0) is 14.3 Å². The summed E-state index contributed by atoms with van der Waals surface area (Å²) in [7, 11) is 0. The van der Waals surface area contributed by atoms with Crippen LogP contribution >= 0.6 is 0 Å². The van der Waals surface area contributed by atoms with Crippen LogP contribution in [-0.4, -0.2) is 54.4 Å². The van der Waals surface area contributed by atoms with Crippen LogP contribution in [0.25, 0.3) is 0 Å². The van der Waals surface area contributed by atoms with Crippen molar-refractivity contribution >= 4 is 23.2 Å². The van der Waals surface area contributed by atoms with E-state index in [9.17, 15) is 19.7 Å². The van der Waals surface area contributed by atoms with Gasteiger partial charge in [0.25, 0.3) is 5.69 Å². The third kappa shape index (κ3) is 5.84. The Morgan fingerprint density at radius 2 is 1.83 bits per heavy atom. The summed E-state index contributed by atoms with van der Waals surface area (Å²) in [6.07, 6.45) is -0.00825. The van der Waals surface area contributed by atoms with E-state index in [0.717, 1.165) is 18.7 Å². The number of amides is 2. The number of hydrogen-bond donors (Lipinski definition) is 2. The van der Waals surface area contributed by atoms with Gasteiger partial charge in [-0.05, 0) is 17.7 Å². The van der Waals surface area contributed by atoms with Gasteiger partial charge in [0.1, 0.15) is 0 Å².